The van der Waals surface area contributed by atoms with Crippen LogP contribution in [0.2, 0.25) is 0 Å². The normalized spacial score (nSPS) is 35.7. The van der Waals surface area contributed by atoms with E-state index >= 15 is 0 Å². The minimum Gasteiger partial charge on any atom is -0.487 e. The van der Waals surface area contributed by atoms with Crippen molar-refractivity contribution in [1.82, 2.24) is 0 Å². The Morgan fingerprint density at radius 1 is 1.22 bits per heavy atom. The van der Waals surface area contributed by atoms with Crippen molar-refractivity contribution in [2.45, 2.75) is 55.9 Å². The number of hydrogen-bond donors (Lipinski definition) is 0. The number of rotatable bonds is 1. The first-order chi connectivity index (χ1) is 8.69. The van der Waals surface area contributed by atoms with E-state index in [1.165, 1.54) is 31.2 Å². The van der Waals surface area contributed by atoms with E-state index in [0.717, 1.165) is 18.6 Å². The van der Waals surface area contributed by atoms with Crippen LogP contribution in [0, 0.1) is 5.92 Å². The molecule has 0 saturated heterocycles. The smallest absolute Gasteiger partial charge is 0.123 e. The highest BCUT2D eigenvalue weighted by Crippen LogP contribution is 2.44. The van der Waals surface area contributed by atoms with Gasteiger partial charge in [-0.3, -0.25) is 0 Å². The summed E-state index contributed by atoms with van der Waals surface area (Å²) in [5, 5.41) is 0. The molecule has 3 atom stereocenters. The Bertz CT molecular complexity index is 431. The second-order valence-electron chi connectivity index (χ2n) is 5.93. The summed E-state index contributed by atoms with van der Waals surface area (Å²) < 4.78 is 6.40. The van der Waals surface area contributed by atoms with Crippen LogP contribution in [0.1, 0.15) is 44.6 Å². The third-order valence-electron chi connectivity index (χ3n) is 4.67. The molecule has 0 bridgehead atoms. The van der Waals surface area contributed by atoms with Crippen LogP contribution in [0.25, 0.3) is 0 Å². The standard InChI is InChI=1S/C16H21BrO/c1-16(13-7-3-4-8-14(13)17)11-10-12-6-2-5-9-15(12)18-16/h2,5-6,9,13-14H,3-4,7-8,10-11H2,1H3. The summed E-state index contributed by atoms with van der Waals surface area (Å²) in [6.45, 7) is 2.31. The second-order valence-corrected chi connectivity index (χ2v) is 7.11. The lowest BCUT2D eigenvalue weighted by molar-refractivity contribution is -0.00549. The number of aryl methyl sites for hydroxylation is 1. The summed E-state index contributed by atoms with van der Waals surface area (Å²) in [5.74, 6) is 1.76. The maximum atomic E-state index is 6.40. The molecule has 98 valence electrons. The highest BCUT2D eigenvalue weighted by atomic mass is 79.9. The number of halogens is 1. The van der Waals surface area contributed by atoms with Crippen molar-refractivity contribution in [3.63, 3.8) is 0 Å². The van der Waals surface area contributed by atoms with Crippen molar-refractivity contribution in [2.75, 3.05) is 0 Å². The van der Waals surface area contributed by atoms with Crippen LogP contribution in [0.4, 0.5) is 0 Å². The van der Waals surface area contributed by atoms with Crippen LogP contribution in [0.15, 0.2) is 24.3 Å². The van der Waals surface area contributed by atoms with Gasteiger partial charge < -0.3 is 4.74 Å². The molecule has 2 aliphatic rings. The lowest BCUT2D eigenvalue weighted by atomic mass is 9.74. The number of alkyl halides is 1. The molecule has 0 amide bonds. The monoisotopic (exact) mass is 308 g/mol. The van der Waals surface area contributed by atoms with Gasteiger partial charge in [0.25, 0.3) is 0 Å². The molecule has 1 aromatic carbocycles. The van der Waals surface area contributed by atoms with Crippen LogP contribution in [-0.4, -0.2) is 10.4 Å². The highest BCUT2D eigenvalue weighted by molar-refractivity contribution is 9.09. The van der Waals surface area contributed by atoms with E-state index in [-0.39, 0.29) is 5.60 Å². The first-order valence-electron chi connectivity index (χ1n) is 7.10. The third-order valence-corrected chi connectivity index (χ3v) is 5.77. The predicted molar refractivity (Wildman–Crippen MR) is 78.5 cm³/mol. The Hall–Kier alpha value is -0.500. The zero-order valence-electron chi connectivity index (χ0n) is 11.0. The zero-order chi connectivity index (χ0) is 12.6. The molecule has 1 saturated carbocycles. The minimum atomic E-state index is 0.0168. The lowest BCUT2D eigenvalue weighted by Gasteiger charge is -2.45. The quantitative estimate of drug-likeness (QED) is 0.682. The number of ether oxygens (including phenoxy) is 1. The molecule has 1 aliphatic heterocycles. The fourth-order valence-electron chi connectivity index (χ4n) is 3.53. The van der Waals surface area contributed by atoms with Gasteiger partial charge in [-0.25, -0.2) is 0 Å². The van der Waals surface area contributed by atoms with E-state index in [4.69, 9.17) is 4.74 Å². The second kappa shape index (κ2) is 4.88. The molecule has 3 unspecified atom stereocenters. The summed E-state index contributed by atoms with van der Waals surface area (Å²) in [6.07, 6.45) is 7.62. The van der Waals surface area contributed by atoms with E-state index in [0.29, 0.717) is 10.7 Å². The molecule has 1 heterocycles. The lowest BCUT2D eigenvalue weighted by Crippen LogP contribution is -2.48. The molecular formula is C16H21BrO. The first kappa shape index (κ1) is 12.5. The predicted octanol–water partition coefficient (Wildman–Crippen LogP) is 4.72. The van der Waals surface area contributed by atoms with Gasteiger partial charge in [-0.2, -0.15) is 0 Å². The van der Waals surface area contributed by atoms with Crippen LogP contribution in [0.3, 0.4) is 0 Å². The van der Waals surface area contributed by atoms with Crippen LogP contribution in [0.5, 0.6) is 5.75 Å². The molecule has 0 aromatic heterocycles. The van der Waals surface area contributed by atoms with Crippen molar-refractivity contribution in [2.24, 2.45) is 5.92 Å². The van der Waals surface area contributed by atoms with Crippen molar-refractivity contribution in [1.29, 1.82) is 0 Å². The van der Waals surface area contributed by atoms with Crippen molar-refractivity contribution in [3.05, 3.63) is 29.8 Å². The molecule has 1 fully saturated rings. The number of fused-ring (bicyclic) bond motifs is 1. The van der Waals surface area contributed by atoms with E-state index < -0.39 is 0 Å². The highest BCUT2D eigenvalue weighted by Gasteiger charge is 2.43. The summed E-state index contributed by atoms with van der Waals surface area (Å²) in [4.78, 5) is 0.626. The van der Waals surface area contributed by atoms with Gasteiger partial charge in [0.15, 0.2) is 0 Å². The molecule has 18 heavy (non-hydrogen) atoms. The van der Waals surface area contributed by atoms with Crippen molar-refractivity contribution in [3.8, 4) is 5.75 Å². The Morgan fingerprint density at radius 2 is 2.00 bits per heavy atom. The molecule has 1 aliphatic carbocycles. The Labute approximate surface area is 118 Å². The third kappa shape index (κ3) is 2.20. The average molecular weight is 309 g/mol. The summed E-state index contributed by atoms with van der Waals surface area (Å²) in [6, 6.07) is 8.51. The topological polar surface area (TPSA) is 9.23 Å². The van der Waals surface area contributed by atoms with Crippen LogP contribution in [-0.2, 0) is 6.42 Å². The Morgan fingerprint density at radius 3 is 2.83 bits per heavy atom. The van der Waals surface area contributed by atoms with Gasteiger partial charge in [0.2, 0.25) is 0 Å². The average Bonchev–Trinajstić information content (AvgIpc) is 2.39. The maximum absolute atomic E-state index is 6.40. The van der Waals surface area contributed by atoms with E-state index in [1.54, 1.807) is 0 Å². The molecular weight excluding hydrogens is 288 g/mol. The molecule has 3 rings (SSSR count). The zero-order valence-corrected chi connectivity index (χ0v) is 12.6. The van der Waals surface area contributed by atoms with E-state index in [2.05, 4.69) is 47.1 Å². The van der Waals surface area contributed by atoms with Gasteiger partial charge >= 0.3 is 0 Å². The van der Waals surface area contributed by atoms with E-state index in [1.807, 2.05) is 0 Å². The Kier molecular flexibility index (Phi) is 3.40. The summed E-state index contributed by atoms with van der Waals surface area (Å²) in [5.41, 5.74) is 1.39. The van der Waals surface area contributed by atoms with Gasteiger partial charge in [0.1, 0.15) is 11.4 Å². The largest absolute Gasteiger partial charge is 0.487 e. The van der Waals surface area contributed by atoms with Gasteiger partial charge in [0.05, 0.1) is 0 Å². The first-order valence-corrected chi connectivity index (χ1v) is 8.02. The van der Waals surface area contributed by atoms with Crippen LogP contribution >= 0.6 is 15.9 Å². The number of hydrogen-bond acceptors (Lipinski definition) is 1. The molecule has 0 spiro atoms. The SMILES string of the molecule is CC1(C2CCCCC2Br)CCc2ccccc2O1. The molecule has 1 aromatic rings. The van der Waals surface area contributed by atoms with Gasteiger partial charge in [-0.15, -0.1) is 0 Å². The van der Waals surface area contributed by atoms with Gasteiger partial charge in [-0.05, 0) is 44.2 Å². The minimum absolute atomic E-state index is 0.0168. The van der Waals surface area contributed by atoms with E-state index in [9.17, 15) is 0 Å². The van der Waals surface area contributed by atoms with Crippen molar-refractivity contribution >= 4 is 15.9 Å². The van der Waals surface area contributed by atoms with Crippen LogP contribution < -0.4 is 4.74 Å². The molecule has 0 radical (unpaired) electrons. The van der Waals surface area contributed by atoms with Crippen molar-refractivity contribution < 1.29 is 4.74 Å². The molecule has 1 nitrogen and oxygen atoms in total. The fourth-order valence-corrected chi connectivity index (χ4v) is 4.68. The molecule has 2 heteroatoms. The Balaban J connectivity index is 1.84. The fraction of sp³-hybridized carbons (Fsp3) is 0.625. The summed E-state index contributed by atoms with van der Waals surface area (Å²) in [7, 11) is 0. The number of benzene rings is 1. The number of para-hydroxylation sites is 1. The molecule has 0 N–H and O–H groups in total. The maximum Gasteiger partial charge on any atom is 0.123 e. The summed E-state index contributed by atoms with van der Waals surface area (Å²) >= 11 is 3.89. The van der Waals surface area contributed by atoms with Gasteiger partial charge in [-0.1, -0.05) is 47.0 Å². The van der Waals surface area contributed by atoms with Gasteiger partial charge in [0, 0.05) is 10.7 Å².